The first-order chi connectivity index (χ1) is 16.3. The highest BCUT2D eigenvalue weighted by Gasteiger charge is 2.38. The van der Waals surface area contributed by atoms with Crippen LogP contribution in [-0.4, -0.2) is 45.8 Å². The van der Waals surface area contributed by atoms with Crippen LogP contribution in [-0.2, 0) is 14.9 Å². The minimum Gasteiger partial charge on any atom is -0.466 e. The number of carbonyl (C=O) groups is 1. The molecule has 1 unspecified atom stereocenters. The zero-order chi connectivity index (χ0) is 24.3. The Bertz CT molecular complexity index is 1100. The van der Waals surface area contributed by atoms with Gasteiger partial charge in [-0.25, -0.2) is 9.97 Å². The fraction of sp³-hybridized carbons (Fsp3) is 0.480. The highest BCUT2D eigenvalue weighted by Crippen LogP contribution is 2.39. The number of benzene rings is 1. The Kier molecular flexibility index (Phi) is 6.81. The predicted octanol–water partition coefficient (Wildman–Crippen LogP) is 3.85. The summed E-state index contributed by atoms with van der Waals surface area (Å²) < 4.78 is 10.9. The standard InChI is InChI=1S/C25H32N6O3/c1-5-33-21(32)18-10-12-31(13-11-18)24-29-22(30-34-24)25(4,16(2)3)20-8-6-17(7-9-20)19-14-27-23(26)28-15-19/h6-9,14-16,18H,5,10-13H2,1-4H3,(H2,26,27,28). The highest BCUT2D eigenvalue weighted by molar-refractivity contribution is 5.72. The van der Waals surface area contributed by atoms with Crippen LogP contribution < -0.4 is 10.6 Å². The van der Waals surface area contributed by atoms with E-state index in [1.54, 1.807) is 12.4 Å². The maximum absolute atomic E-state index is 12.0. The molecule has 0 aliphatic carbocycles. The van der Waals surface area contributed by atoms with Gasteiger partial charge in [0.15, 0.2) is 5.82 Å². The number of nitrogens with zero attached hydrogens (tertiary/aromatic N) is 5. The van der Waals surface area contributed by atoms with Crippen LogP contribution in [0.1, 0.15) is 51.9 Å². The van der Waals surface area contributed by atoms with Crippen molar-refractivity contribution < 1.29 is 14.1 Å². The van der Waals surface area contributed by atoms with Crippen LogP contribution in [0.3, 0.4) is 0 Å². The summed E-state index contributed by atoms with van der Waals surface area (Å²) >= 11 is 0. The molecule has 2 N–H and O–H groups in total. The van der Waals surface area contributed by atoms with Gasteiger partial charge in [0.25, 0.3) is 0 Å². The zero-order valence-corrected chi connectivity index (χ0v) is 20.2. The number of hydrogen-bond donors (Lipinski definition) is 1. The van der Waals surface area contributed by atoms with E-state index in [0.29, 0.717) is 44.4 Å². The lowest BCUT2D eigenvalue weighted by atomic mass is 9.72. The number of anilines is 2. The molecule has 0 amide bonds. The molecule has 9 nitrogen and oxygen atoms in total. The van der Waals surface area contributed by atoms with Crippen LogP contribution in [0.5, 0.6) is 0 Å². The van der Waals surface area contributed by atoms with Gasteiger partial charge in [0.2, 0.25) is 5.95 Å². The highest BCUT2D eigenvalue weighted by atomic mass is 16.5. The maximum Gasteiger partial charge on any atom is 0.324 e. The van der Waals surface area contributed by atoms with Gasteiger partial charge in [0.1, 0.15) is 0 Å². The molecule has 0 bridgehead atoms. The summed E-state index contributed by atoms with van der Waals surface area (Å²) in [5, 5.41) is 4.38. The normalized spacial score (nSPS) is 16.4. The molecule has 180 valence electrons. The number of nitrogen functional groups attached to an aromatic ring is 1. The smallest absolute Gasteiger partial charge is 0.324 e. The summed E-state index contributed by atoms with van der Waals surface area (Å²) in [4.78, 5) is 27.0. The third-order valence-corrected chi connectivity index (χ3v) is 6.91. The fourth-order valence-electron chi connectivity index (χ4n) is 4.34. The van der Waals surface area contributed by atoms with E-state index in [4.69, 9.17) is 20.0 Å². The van der Waals surface area contributed by atoms with Gasteiger partial charge in [0.05, 0.1) is 17.9 Å². The third kappa shape index (κ3) is 4.60. The Morgan fingerprint density at radius 2 is 1.82 bits per heavy atom. The van der Waals surface area contributed by atoms with Crippen molar-refractivity contribution in [3.05, 3.63) is 48.0 Å². The molecule has 1 aromatic carbocycles. The first-order valence-electron chi connectivity index (χ1n) is 11.8. The van der Waals surface area contributed by atoms with Gasteiger partial charge < -0.3 is 19.9 Å². The van der Waals surface area contributed by atoms with Crippen molar-refractivity contribution in [2.75, 3.05) is 30.3 Å². The summed E-state index contributed by atoms with van der Waals surface area (Å²) in [6, 6.07) is 8.77. The second-order valence-corrected chi connectivity index (χ2v) is 9.18. The van der Waals surface area contributed by atoms with Crippen LogP contribution in [0.25, 0.3) is 11.1 Å². The Labute approximate surface area is 199 Å². The molecule has 2 aromatic heterocycles. The molecule has 34 heavy (non-hydrogen) atoms. The molecule has 1 atom stereocenters. The van der Waals surface area contributed by atoms with Crippen LogP contribution in [0.4, 0.5) is 12.0 Å². The molecule has 1 saturated heterocycles. The van der Waals surface area contributed by atoms with Crippen molar-refractivity contribution >= 4 is 17.9 Å². The minimum absolute atomic E-state index is 0.0653. The monoisotopic (exact) mass is 464 g/mol. The van der Waals surface area contributed by atoms with E-state index in [-0.39, 0.29) is 23.8 Å². The topological polar surface area (TPSA) is 120 Å². The number of ether oxygens (including phenoxy) is 1. The number of nitrogens with two attached hydrogens (primary N) is 1. The van der Waals surface area contributed by atoms with E-state index >= 15 is 0 Å². The van der Waals surface area contributed by atoms with E-state index in [1.807, 2.05) is 19.1 Å². The molecule has 4 rings (SSSR count). The van der Waals surface area contributed by atoms with Crippen LogP contribution in [0.2, 0.25) is 0 Å². The van der Waals surface area contributed by atoms with E-state index in [9.17, 15) is 4.79 Å². The van der Waals surface area contributed by atoms with Crippen molar-refractivity contribution in [1.82, 2.24) is 20.1 Å². The Morgan fingerprint density at radius 1 is 1.18 bits per heavy atom. The van der Waals surface area contributed by atoms with Crippen LogP contribution in [0, 0.1) is 11.8 Å². The second-order valence-electron chi connectivity index (χ2n) is 9.18. The van der Waals surface area contributed by atoms with Gasteiger partial charge >= 0.3 is 12.0 Å². The number of carbonyl (C=O) groups excluding carboxylic acids is 1. The summed E-state index contributed by atoms with van der Waals surface area (Å²) in [5.41, 5.74) is 8.16. The second kappa shape index (κ2) is 9.79. The zero-order valence-electron chi connectivity index (χ0n) is 20.2. The number of aromatic nitrogens is 4. The van der Waals surface area contributed by atoms with Crippen molar-refractivity contribution in [2.45, 2.75) is 46.0 Å². The molecule has 0 saturated carbocycles. The fourth-order valence-corrected chi connectivity index (χ4v) is 4.34. The minimum atomic E-state index is -0.443. The Morgan fingerprint density at radius 3 is 2.41 bits per heavy atom. The molecule has 0 radical (unpaired) electrons. The van der Waals surface area contributed by atoms with Gasteiger partial charge in [0, 0.05) is 31.0 Å². The predicted molar refractivity (Wildman–Crippen MR) is 129 cm³/mol. The van der Waals surface area contributed by atoms with Gasteiger partial charge in [-0.05, 0) is 43.7 Å². The molecule has 0 spiro atoms. The Balaban J connectivity index is 1.53. The van der Waals surface area contributed by atoms with Crippen molar-refractivity contribution in [3.63, 3.8) is 0 Å². The van der Waals surface area contributed by atoms with Crippen molar-refractivity contribution in [1.29, 1.82) is 0 Å². The summed E-state index contributed by atoms with van der Waals surface area (Å²) in [5.74, 6) is 0.941. The molecule has 1 aliphatic rings. The number of hydrogen-bond acceptors (Lipinski definition) is 9. The van der Waals surface area contributed by atoms with Gasteiger partial charge in [-0.1, -0.05) is 43.3 Å². The van der Waals surface area contributed by atoms with E-state index < -0.39 is 5.41 Å². The van der Waals surface area contributed by atoms with Crippen LogP contribution in [0.15, 0.2) is 41.2 Å². The van der Waals surface area contributed by atoms with E-state index in [2.05, 4.69) is 52.9 Å². The van der Waals surface area contributed by atoms with E-state index in [0.717, 1.165) is 16.7 Å². The maximum atomic E-state index is 12.0. The van der Waals surface area contributed by atoms with Crippen LogP contribution >= 0.6 is 0 Å². The summed E-state index contributed by atoms with van der Waals surface area (Å²) in [6.45, 7) is 10.1. The lowest BCUT2D eigenvalue weighted by Gasteiger charge is -2.31. The third-order valence-electron chi connectivity index (χ3n) is 6.91. The van der Waals surface area contributed by atoms with E-state index in [1.165, 1.54) is 0 Å². The average Bonchev–Trinajstić information content (AvgIpc) is 3.35. The first-order valence-corrected chi connectivity index (χ1v) is 11.8. The number of piperidine rings is 1. The lowest BCUT2D eigenvalue weighted by Crippen LogP contribution is -2.37. The average molecular weight is 465 g/mol. The number of esters is 1. The van der Waals surface area contributed by atoms with Gasteiger partial charge in [-0.2, -0.15) is 4.98 Å². The molecule has 9 heteroatoms. The molecule has 1 aliphatic heterocycles. The van der Waals surface area contributed by atoms with Gasteiger partial charge in [-0.3, -0.25) is 4.79 Å². The molecule has 1 fully saturated rings. The first kappa shape index (κ1) is 23.7. The van der Waals surface area contributed by atoms with Crippen molar-refractivity contribution in [2.24, 2.45) is 11.8 Å². The largest absolute Gasteiger partial charge is 0.466 e. The summed E-state index contributed by atoms with van der Waals surface area (Å²) in [7, 11) is 0. The molecular formula is C25H32N6O3. The molecular weight excluding hydrogens is 432 g/mol. The number of rotatable bonds is 7. The molecule has 3 aromatic rings. The Hall–Kier alpha value is -3.49. The lowest BCUT2D eigenvalue weighted by molar-refractivity contribution is -0.148. The quantitative estimate of drug-likeness (QED) is 0.520. The van der Waals surface area contributed by atoms with Gasteiger partial charge in [-0.15, -0.1) is 0 Å². The molecule has 3 heterocycles. The summed E-state index contributed by atoms with van der Waals surface area (Å²) in [6.07, 6.45) is 4.87. The SMILES string of the molecule is CCOC(=O)C1CCN(c2nc(C(C)(c3ccc(-c4cnc(N)nc4)cc3)C(C)C)no2)CC1. The van der Waals surface area contributed by atoms with Crippen molar-refractivity contribution in [3.8, 4) is 11.1 Å².